The van der Waals surface area contributed by atoms with Crippen LogP contribution in [0.2, 0.25) is 0 Å². The maximum Gasteiger partial charge on any atom is 0.253 e. The largest absolute Gasteiger partial charge is 0.345 e. The molecule has 0 atom stereocenters. The molecule has 0 aliphatic rings. The fourth-order valence-electron chi connectivity index (χ4n) is 1.50. The second-order valence-electron chi connectivity index (χ2n) is 4.13. The topological polar surface area (TPSA) is 45.2 Å². The molecule has 1 aromatic rings. The number of anilines is 1. The Morgan fingerprint density at radius 3 is 2.71 bits per heavy atom. The van der Waals surface area contributed by atoms with Crippen LogP contribution >= 0.6 is 22.9 Å². The number of amides is 1. The standard InChI is InChI=1S/C12H18IN3O/c1-4-5-6-10-7-9(12(17)16(2)3)8-11(14-10)15-13/h7-8H,4-6H2,1-3H3,(H,14,15). The van der Waals surface area contributed by atoms with Gasteiger partial charge in [0.1, 0.15) is 5.82 Å². The summed E-state index contributed by atoms with van der Waals surface area (Å²) in [5, 5.41) is 0. The minimum Gasteiger partial charge on any atom is -0.345 e. The maximum atomic E-state index is 11.9. The van der Waals surface area contributed by atoms with Gasteiger partial charge in [0.05, 0.1) is 22.9 Å². The van der Waals surface area contributed by atoms with E-state index in [1.54, 1.807) is 25.1 Å². The lowest BCUT2D eigenvalue weighted by atomic mass is 10.1. The van der Waals surface area contributed by atoms with Gasteiger partial charge in [0.2, 0.25) is 0 Å². The minimum atomic E-state index is 0.0121. The van der Waals surface area contributed by atoms with Crippen molar-refractivity contribution in [2.24, 2.45) is 0 Å². The molecule has 0 saturated heterocycles. The van der Waals surface area contributed by atoms with Gasteiger partial charge >= 0.3 is 0 Å². The smallest absolute Gasteiger partial charge is 0.253 e. The molecule has 1 rings (SSSR count). The van der Waals surface area contributed by atoms with Gasteiger partial charge in [0, 0.05) is 25.4 Å². The monoisotopic (exact) mass is 347 g/mol. The lowest BCUT2D eigenvalue weighted by Crippen LogP contribution is -2.22. The molecule has 5 heteroatoms. The van der Waals surface area contributed by atoms with Gasteiger partial charge in [-0.2, -0.15) is 0 Å². The number of halogens is 1. The summed E-state index contributed by atoms with van der Waals surface area (Å²) in [6.07, 6.45) is 3.13. The normalized spacial score (nSPS) is 10.1. The van der Waals surface area contributed by atoms with E-state index in [2.05, 4.69) is 15.4 Å². The summed E-state index contributed by atoms with van der Waals surface area (Å²) in [5.74, 6) is 0.752. The van der Waals surface area contributed by atoms with Crippen LogP contribution < -0.4 is 3.53 Å². The van der Waals surface area contributed by atoms with Gasteiger partial charge in [0.15, 0.2) is 0 Å². The highest BCUT2D eigenvalue weighted by molar-refractivity contribution is 14.1. The third-order valence-electron chi connectivity index (χ3n) is 2.41. The Morgan fingerprint density at radius 1 is 1.47 bits per heavy atom. The Hall–Kier alpha value is -0.850. The van der Waals surface area contributed by atoms with Crippen molar-refractivity contribution in [2.75, 3.05) is 17.6 Å². The zero-order valence-electron chi connectivity index (χ0n) is 10.5. The molecule has 0 fully saturated rings. The van der Waals surface area contributed by atoms with Crippen molar-refractivity contribution in [1.29, 1.82) is 0 Å². The van der Waals surface area contributed by atoms with Crippen LogP contribution in [0, 0.1) is 0 Å². The molecule has 0 aromatic carbocycles. The summed E-state index contributed by atoms with van der Waals surface area (Å²) in [4.78, 5) is 17.9. The fraction of sp³-hybridized carbons (Fsp3) is 0.500. The van der Waals surface area contributed by atoms with Crippen molar-refractivity contribution >= 4 is 34.6 Å². The highest BCUT2D eigenvalue weighted by Crippen LogP contribution is 2.15. The average Bonchev–Trinajstić information content (AvgIpc) is 2.34. The van der Waals surface area contributed by atoms with Crippen molar-refractivity contribution in [1.82, 2.24) is 9.88 Å². The molecule has 4 nitrogen and oxygen atoms in total. The number of aromatic nitrogens is 1. The first-order chi connectivity index (χ1) is 8.08. The zero-order chi connectivity index (χ0) is 12.8. The van der Waals surface area contributed by atoms with E-state index in [1.807, 2.05) is 28.9 Å². The summed E-state index contributed by atoms with van der Waals surface area (Å²) in [6, 6.07) is 3.67. The molecule has 1 aromatic heterocycles. The van der Waals surface area contributed by atoms with Gasteiger partial charge in [-0.3, -0.25) is 4.79 Å². The molecular weight excluding hydrogens is 329 g/mol. The molecule has 0 aliphatic carbocycles. The summed E-state index contributed by atoms with van der Waals surface area (Å²) in [7, 11) is 3.51. The van der Waals surface area contributed by atoms with Crippen LogP contribution in [0.1, 0.15) is 35.8 Å². The lowest BCUT2D eigenvalue weighted by Gasteiger charge is -2.12. The first kappa shape index (κ1) is 14.2. The Labute approximate surface area is 116 Å². The van der Waals surface area contributed by atoms with Crippen molar-refractivity contribution in [3.8, 4) is 0 Å². The molecule has 1 heterocycles. The number of rotatable bonds is 5. The van der Waals surface area contributed by atoms with Crippen LogP contribution in [-0.4, -0.2) is 29.9 Å². The second kappa shape index (κ2) is 6.78. The molecule has 1 amide bonds. The van der Waals surface area contributed by atoms with Crippen LogP contribution in [0.15, 0.2) is 12.1 Å². The third-order valence-corrected chi connectivity index (χ3v) is 2.97. The summed E-state index contributed by atoms with van der Waals surface area (Å²) in [5.41, 5.74) is 1.66. The van der Waals surface area contributed by atoms with Gasteiger partial charge in [0.25, 0.3) is 5.91 Å². The van der Waals surface area contributed by atoms with E-state index in [4.69, 9.17) is 0 Å². The number of nitrogens with zero attached hydrogens (tertiary/aromatic N) is 2. The summed E-state index contributed by atoms with van der Waals surface area (Å²) < 4.78 is 2.97. The molecule has 0 aliphatic heterocycles. The van der Waals surface area contributed by atoms with Gasteiger partial charge in [-0.1, -0.05) is 13.3 Å². The average molecular weight is 347 g/mol. The quantitative estimate of drug-likeness (QED) is 0.658. The highest BCUT2D eigenvalue weighted by atomic mass is 127. The molecular formula is C12H18IN3O. The van der Waals surface area contributed by atoms with Crippen LogP contribution in [0.5, 0.6) is 0 Å². The molecule has 94 valence electrons. The maximum absolute atomic E-state index is 11.9. The van der Waals surface area contributed by atoms with Crippen molar-refractivity contribution in [2.45, 2.75) is 26.2 Å². The van der Waals surface area contributed by atoms with E-state index in [9.17, 15) is 4.79 Å². The number of carbonyl (C=O) groups is 1. The fourth-order valence-corrected chi connectivity index (χ4v) is 1.78. The van der Waals surface area contributed by atoms with Gasteiger partial charge in [-0.15, -0.1) is 0 Å². The molecule has 0 spiro atoms. The molecule has 17 heavy (non-hydrogen) atoms. The van der Waals surface area contributed by atoms with Gasteiger partial charge < -0.3 is 8.43 Å². The Balaban J connectivity index is 3.00. The molecule has 0 unspecified atom stereocenters. The Morgan fingerprint density at radius 2 is 2.18 bits per heavy atom. The first-order valence-corrected chi connectivity index (χ1v) is 6.75. The van der Waals surface area contributed by atoms with Crippen LogP contribution in [0.3, 0.4) is 0 Å². The zero-order valence-corrected chi connectivity index (χ0v) is 12.6. The van der Waals surface area contributed by atoms with E-state index in [1.165, 1.54) is 0 Å². The van der Waals surface area contributed by atoms with Crippen molar-refractivity contribution in [3.05, 3.63) is 23.4 Å². The number of pyridine rings is 1. The first-order valence-electron chi connectivity index (χ1n) is 5.67. The van der Waals surface area contributed by atoms with E-state index < -0.39 is 0 Å². The summed E-state index contributed by atoms with van der Waals surface area (Å²) in [6.45, 7) is 2.15. The molecule has 0 saturated carbocycles. The van der Waals surface area contributed by atoms with E-state index in [0.717, 1.165) is 30.8 Å². The molecule has 0 radical (unpaired) electrons. The predicted octanol–water partition coefficient (Wildman–Crippen LogP) is 2.89. The SMILES string of the molecule is CCCCc1cc(C(=O)N(C)C)cc(NI)n1. The van der Waals surface area contributed by atoms with Crippen LogP contribution in [0.4, 0.5) is 5.82 Å². The van der Waals surface area contributed by atoms with Crippen molar-refractivity contribution in [3.63, 3.8) is 0 Å². The number of hydrogen-bond acceptors (Lipinski definition) is 3. The number of hydrogen-bond donors (Lipinski definition) is 1. The Kier molecular flexibility index (Phi) is 5.67. The van der Waals surface area contributed by atoms with E-state index in [0.29, 0.717) is 5.56 Å². The Bertz CT molecular complexity index is 393. The highest BCUT2D eigenvalue weighted by Gasteiger charge is 2.11. The van der Waals surface area contributed by atoms with Crippen molar-refractivity contribution < 1.29 is 4.79 Å². The summed E-state index contributed by atoms with van der Waals surface area (Å²) >= 11 is 2.03. The minimum absolute atomic E-state index is 0.0121. The predicted molar refractivity (Wildman–Crippen MR) is 78.5 cm³/mol. The third kappa shape index (κ3) is 4.14. The number of carbonyl (C=O) groups excluding carboxylic acids is 1. The van der Waals surface area contributed by atoms with Crippen LogP contribution in [0.25, 0.3) is 0 Å². The number of unbranched alkanes of at least 4 members (excludes halogenated alkanes) is 1. The van der Waals surface area contributed by atoms with E-state index >= 15 is 0 Å². The van der Waals surface area contributed by atoms with Gasteiger partial charge in [-0.25, -0.2) is 4.98 Å². The molecule has 0 bridgehead atoms. The number of nitrogens with one attached hydrogen (secondary N) is 1. The van der Waals surface area contributed by atoms with E-state index in [-0.39, 0.29) is 5.91 Å². The van der Waals surface area contributed by atoms with Gasteiger partial charge in [-0.05, 0) is 25.0 Å². The lowest BCUT2D eigenvalue weighted by molar-refractivity contribution is 0.0827. The second-order valence-corrected chi connectivity index (χ2v) is 4.67. The van der Waals surface area contributed by atoms with Crippen LogP contribution in [-0.2, 0) is 6.42 Å². The molecule has 1 N–H and O–H groups in total. The number of aryl methyl sites for hydroxylation is 1.